The second kappa shape index (κ2) is 10.6. The molecule has 1 fully saturated rings. The summed E-state index contributed by atoms with van der Waals surface area (Å²) in [6.45, 7) is 1.25. The lowest BCUT2D eigenvalue weighted by molar-refractivity contribution is -0.121. The van der Waals surface area contributed by atoms with Crippen molar-refractivity contribution < 1.29 is 19.1 Å². The number of benzene rings is 2. The lowest BCUT2D eigenvalue weighted by atomic mass is 10.2. The van der Waals surface area contributed by atoms with Crippen LogP contribution in [-0.4, -0.2) is 57.7 Å². The van der Waals surface area contributed by atoms with Crippen LogP contribution in [0.25, 0.3) is 16.7 Å². The molecule has 0 unspecified atom stereocenters. The number of Topliss-reactive ketones (excluding diaryl/α,β-unsaturated/α-hetero) is 1. The van der Waals surface area contributed by atoms with E-state index in [1.807, 2.05) is 4.40 Å². The zero-order chi connectivity index (χ0) is 25.9. The standard InChI is InChI=1S/C26H26ClN5O5/c1-36-24(35)17-7-6-8-20(13-17)37-16-19(33)15-31-25-28-23(34)21-14-18(27)9-10-22(21)32(25)26(29-31)30-11-4-2-3-5-12-30/h6-10,13-14H,2-5,11-12,15-16H2,1H3. The Morgan fingerprint density at radius 1 is 1.05 bits per heavy atom. The fourth-order valence-corrected chi connectivity index (χ4v) is 4.71. The number of carbonyl (C=O) groups excluding carboxylic acids is 2. The van der Waals surface area contributed by atoms with Crippen LogP contribution in [0.2, 0.25) is 5.02 Å². The largest absolute Gasteiger partial charge is 0.486 e. The molecule has 2 aromatic heterocycles. The first-order valence-electron chi connectivity index (χ1n) is 12.1. The Bertz CT molecular complexity index is 1540. The number of nitrogens with zero attached hydrogens (tertiary/aromatic N) is 5. The topological polar surface area (TPSA) is 108 Å². The molecule has 0 saturated carbocycles. The fraction of sp³-hybridized carbons (Fsp3) is 0.346. The zero-order valence-corrected chi connectivity index (χ0v) is 21.1. The minimum atomic E-state index is -0.495. The number of hydrogen-bond acceptors (Lipinski definition) is 8. The van der Waals surface area contributed by atoms with Gasteiger partial charge in [-0.2, -0.15) is 4.98 Å². The molecule has 0 bridgehead atoms. The highest BCUT2D eigenvalue weighted by molar-refractivity contribution is 6.31. The third kappa shape index (κ3) is 5.15. The monoisotopic (exact) mass is 523 g/mol. The minimum absolute atomic E-state index is 0.139. The number of hydrogen-bond donors (Lipinski definition) is 0. The van der Waals surface area contributed by atoms with Crippen LogP contribution >= 0.6 is 11.6 Å². The molecule has 0 aliphatic carbocycles. The molecule has 11 heteroatoms. The van der Waals surface area contributed by atoms with Gasteiger partial charge in [-0.15, -0.1) is 5.10 Å². The third-order valence-corrected chi connectivity index (χ3v) is 6.58. The quantitative estimate of drug-likeness (QED) is 0.339. The van der Waals surface area contributed by atoms with Crippen molar-refractivity contribution in [1.29, 1.82) is 0 Å². The van der Waals surface area contributed by atoms with Crippen LogP contribution in [0, 0.1) is 0 Å². The summed E-state index contributed by atoms with van der Waals surface area (Å²) in [6.07, 6.45) is 4.35. The van der Waals surface area contributed by atoms with Crippen LogP contribution in [0.1, 0.15) is 36.0 Å². The van der Waals surface area contributed by atoms with Crippen LogP contribution in [-0.2, 0) is 16.1 Å². The van der Waals surface area contributed by atoms with E-state index in [4.69, 9.17) is 26.2 Å². The molecule has 10 nitrogen and oxygen atoms in total. The highest BCUT2D eigenvalue weighted by Crippen LogP contribution is 2.25. The highest BCUT2D eigenvalue weighted by atomic mass is 35.5. The molecule has 3 heterocycles. The number of carbonyl (C=O) groups is 2. The molecule has 1 aliphatic rings. The normalized spacial score (nSPS) is 14.1. The first kappa shape index (κ1) is 24.8. The van der Waals surface area contributed by atoms with Gasteiger partial charge in [-0.25, -0.2) is 13.9 Å². The molecule has 37 heavy (non-hydrogen) atoms. The van der Waals surface area contributed by atoms with E-state index in [9.17, 15) is 14.4 Å². The molecule has 1 saturated heterocycles. The Morgan fingerprint density at radius 3 is 2.59 bits per heavy atom. The van der Waals surface area contributed by atoms with Crippen molar-refractivity contribution in [3.63, 3.8) is 0 Å². The van der Waals surface area contributed by atoms with Crippen molar-refractivity contribution in [2.24, 2.45) is 0 Å². The van der Waals surface area contributed by atoms with Gasteiger partial charge in [-0.05, 0) is 49.2 Å². The molecule has 192 valence electrons. The predicted molar refractivity (Wildman–Crippen MR) is 139 cm³/mol. The third-order valence-electron chi connectivity index (χ3n) is 6.34. The number of ether oxygens (including phenoxy) is 2. The van der Waals surface area contributed by atoms with Crippen molar-refractivity contribution in [3.05, 3.63) is 63.4 Å². The Morgan fingerprint density at radius 2 is 1.84 bits per heavy atom. The van der Waals surface area contributed by atoms with Gasteiger partial charge in [-0.3, -0.25) is 9.59 Å². The first-order valence-corrected chi connectivity index (χ1v) is 12.5. The maximum atomic E-state index is 12.9. The van der Waals surface area contributed by atoms with Crippen LogP contribution < -0.4 is 15.2 Å². The van der Waals surface area contributed by atoms with Gasteiger partial charge in [0.05, 0.1) is 23.6 Å². The molecule has 1 aliphatic heterocycles. The second-order valence-electron chi connectivity index (χ2n) is 8.92. The summed E-state index contributed by atoms with van der Waals surface area (Å²) < 4.78 is 13.6. The lowest BCUT2D eigenvalue weighted by Crippen LogP contribution is -2.26. The van der Waals surface area contributed by atoms with Gasteiger partial charge in [0, 0.05) is 18.1 Å². The van der Waals surface area contributed by atoms with E-state index < -0.39 is 11.5 Å². The van der Waals surface area contributed by atoms with Gasteiger partial charge < -0.3 is 14.4 Å². The molecule has 0 N–H and O–H groups in total. The number of esters is 1. The van der Waals surface area contributed by atoms with E-state index >= 15 is 0 Å². The molecule has 2 aromatic carbocycles. The van der Waals surface area contributed by atoms with Gasteiger partial charge in [0.25, 0.3) is 5.56 Å². The van der Waals surface area contributed by atoms with Crippen LogP contribution in [0.15, 0.2) is 47.3 Å². The Kier molecular flexibility index (Phi) is 7.09. The van der Waals surface area contributed by atoms with Crippen LogP contribution in [0.3, 0.4) is 0 Å². The second-order valence-corrected chi connectivity index (χ2v) is 9.36. The van der Waals surface area contributed by atoms with Crippen molar-refractivity contribution in [2.45, 2.75) is 32.2 Å². The van der Waals surface area contributed by atoms with Crippen molar-refractivity contribution in [2.75, 3.05) is 31.7 Å². The van der Waals surface area contributed by atoms with E-state index in [0.717, 1.165) is 38.8 Å². The van der Waals surface area contributed by atoms with Gasteiger partial charge in [0.15, 0.2) is 5.78 Å². The van der Waals surface area contributed by atoms with Gasteiger partial charge in [-0.1, -0.05) is 30.5 Å². The number of ketones is 1. The molecule has 0 atom stereocenters. The van der Waals surface area contributed by atoms with Crippen LogP contribution in [0.5, 0.6) is 5.75 Å². The summed E-state index contributed by atoms with van der Waals surface area (Å²) >= 11 is 6.16. The van der Waals surface area contributed by atoms with E-state index in [0.29, 0.717) is 33.2 Å². The Labute approximate surface area is 217 Å². The zero-order valence-electron chi connectivity index (χ0n) is 20.4. The smallest absolute Gasteiger partial charge is 0.337 e. The van der Waals surface area contributed by atoms with Crippen molar-refractivity contribution >= 4 is 46.0 Å². The number of methoxy groups -OCH3 is 1. The van der Waals surface area contributed by atoms with E-state index in [1.165, 1.54) is 17.9 Å². The summed E-state index contributed by atoms with van der Waals surface area (Å²) in [5, 5.41) is 5.58. The fourth-order valence-electron chi connectivity index (χ4n) is 4.54. The lowest BCUT2D eigenvalue weighted by Gasteiger charge is -2.20. The average molecular weight is 524 g/mol. The molecule has 0 spiro atoms. The summed E-state index contributed by atoms with van der Waals surface area (Å²) in [5.74, 6) is 0.507. The van der Waals surface area contributed by atoms with Gasteiger partial charge in [0.1, 0.15) is 18.9 Å². The minimum Gasteiger partial charge on any atom is -0.486 e. The number of halogens is 1. The number of anilines is 1. The SMILES string of the molecule is COC(=O)c1cccc(OCC(=O)Cn2nc(N3CCCCCC3)n3c4ccc(Cl)cc4c(=O)nc23)c1. The summed E-state index contributed by atoms with van der Waals surface area (Å²) in [4.78, 5) is 44.0. The first-order chi connectivity index (χ1) is 17.9. The Balaban J connectivity index is 1.47. The summed E-state index contributed by atoms with van der Waals surface area (Å²) in [5.41, 5.74) is 0.515. The average Bonchev–Trinajstić information content (AvgIpc) is 3.07. The molecular formula is C26H26ClN5O5. The molecular weight excluding hydrogens is 498 g/mol. The van der Waals surface area contributed by atoms with Crippen molar-refractivity contribution in [3.8, 4) is 5.75 Å². The predicted octanol–water partition coefficient (Wildman–Crippen LogP) is 3.51. The summed E-state index contributed by atoms with van der Waals surface area (Å²) in [7, 11) is 1.30. The maximum absolute atomic E-state index is 12.9. The van der Waals surface area contributed by atoms with Gasteiger partial charge in [0.2, 0.25) is 11.7 Å². The number of fused-ring (bicyclic) bond motifs is 3. The maximum Gasteiger partial charge on any atom is 0.337 e. The Hall–Kier alpha value is -3.92. The molecule has 0 radical (unpaired) electrons. The molecule has 5 rings (SSSR count). The van der Waals surface area contributed by atoms with E-state index in [2.05, 4.69) is 9.88 Å². The van der Waals surface area contributed by atoms with Crippen LogP contribution in [0.4, 0.5) is 5.95 Å². The molecule has 0 amide bonds. The van der Waals surface area contributed by atoms with E-state index in [1.54, 1.807) is 36.4 Å². The summed E-state index contributed by atoms with van der Waals surface area (Å²) in [6, 6.07) is 11.5. The van der Waals surface area contributed by atoms with Gasteiger partial charge >= 0.3 is 5.97 Å². The van der Waals surface area contributed by atoms with E-state index in [-0.39, 0.29) is 24.7 Å². The molecule has 4 aromatic rings. The van der Waals surface area contributed by atoms with Crippen molar-refractivity contribution in [1.82, 2.24) is 19.2 Å². The number of aromatic nitrogens is 4. The number of rotatable bonds is 7. The highest BCUT2D eigenvalue weighted by Gasteiger charge is 2.23.